The molecule has 0 saturated carbocycles. The van der Waals surface area contributed by atoms with E-state index in [4.69, 9.17) is 26.3 Å². The van der Waals surface area contributed by atoms with E-state index < -0.39 is 16.9 Å². The number of hydrogen-bond acceptors (Lipinski definition) is 6. The number of nitrogens with zero attached hydrogens (tertiary/aromatic N) is 2. The third-order valence-electron chi connectivity index (χ3n) is 3.39. The number of methoxy groups -OCH3 is 1. The molecular formula is C17H14ClN3O5. The van der Waals surface area contributed by atoms with E-state index in [1.54, 1.807) is 0 Å². The van der Waals surface area contributed by atoms with E-state index in [-0.39, 0.29) is 22.1 Å². The molecule has 0 unspecified atom stereocenters. The van der Waals surface area contributed by atoms with Gasteiger partial charge in [-0.05, 0) is 37.3 Å². The molecule has 1 amide bonds. The zero-order chi connectivity index (χ0) is 19.3. The lowest BCUT2D eigenvalue weighted by Gasteiger charge is -2.16. The fourth-order valence-electron chi connectivity index (χ4n) is 2.04. The van der Waals surface area contributed by atoms with Crippen LogP contribution < -0.4 is 14.8 Å². The maximum Gasteiger partial charge on any atom is 0.296 e. The molecule has 2 aromatic carbocycles. The van der Waals surface area contributed by atoms with Gasteiger partial charge in [-0.1, -0.05) is 11.6 Å². The van der Waals surface area contributed by atoms with Gasteiger partial charge in [0.2, 0.25) is 0 Å². The molecule has 0 fully saturated rings. The molecule has 0 radical (unpaired) electrons. The van der Waals surface area contributed by atoms with Crippen molar-refractivity contribution in [2.24, 2.45) is 0 Å². The Morgan fingerprint density at radius 2 is 2.08 bits per heavy atom. The lowest BCUT2D eigenvalue weighted by Crippen LogP contribution is -2.30. The average Bonchev–Trinajstić information content (AvgIpc) is 2.63. The summed E-state index contributed by atoms with van der Waals surface area (Å²) in [7, 11) is 1.38. The van der Waals surface area contributed by atoms with Crippen LogP contribution in [-0.2, 0) is 4.79 Å². The van der Waals surface area contributed by atoms with Crippen molar-refractivity contribution in [3.63, 3.8) is 0 Å². The number of rotatable bonds is 6. The largest absolute Gasteiger partial charge is 0.496 e. The molecule has 0 aliphatic heterocycles. The number of halogens is 1. The van der Waals surface area contributed by atoms with Gasteiger partial charge in [0.1, 0.15) is 17.2 Å². The molecule has 134 valence electrons. The van der Waals surface area contributed by atoms with Crippen LogP contribution in [0, 0.1) is 21.4 Å². The molecule has 0 saturated heterocycles. The Morgan fingerprint density at radius 1 is 1.35 bits per heavy atom. The van der Waals surface area contributed by atoms with Crippen LogP contribution in [0.3, 0.4) is 0 Å². The van der Waals surface area contributed by atoms with Crippen molar-refractivity contribution in [3.05, 3.63) is 57.1 Å². The van der Waals surface area contributed by atoms with Crippen LogP contribution in [0.2, 0.25) is 5.02 Å². The maximum absolute atomic E-state index is 12.3. The summed E-state index contributed by atoms with van der Waals surface area (Å²) in [4.78, 5) is 22.8. The average molecular weight is 376 g/mol. The molecule has 0 bridgehead atoms. The number of nitro groups is 1. The van der Waals surface area contributed by atoms with Gasteiger partial charge >= 0.3 is 0 Å². The predicted molar refractivity (Wildman–Crippen MR) is 94.5 cm³/mol. The molecule has 1 atom stereocenters. The zero-order valence-electron chi connectivity index (χ0n) is 13.9. The van der Waals surface area contributed by atoms with Gasteiger partial charge < -0.3 is 14.8 Å². The van der Waals surface area contributed by atoms with Crippen LogP contribution >= 0.6 is 11.6 Å². The molecule has 0 aliphatic carbocycles. The first-order valence-corrected chi connectivity index (χ1v) is 7.73. The van der Waals surface area contributed by atoms with Crippen molar-refractivity contribution in [1.29, 1.82) is 5.26 Å². The molecule has 8 nitrogen and oxygen atoms in total. The van der Waals surface area contributed by atoms with Crippen molar-refractivity contribution < 1.29 is 19.2 Å². The van der Waals surface area contributed by atoms with Gasteiger partial charge in [-0.3, -0.25) is 14.9 Å². The molecule has 0 aromatic heterocycles. The minimum atomic E-state index is -0.984. The first kappa shape index (κ1) is 19.0. The summed E-state index contributed by atoms with van der Waals surface area (Å²) in [6, 6.07) is 10.4. The highest BCUT2D eigenvalue weighted by Crippen LogP contribution is 2.30. The van der Waals surface area contributed by atoms with Crippen LogP contribution in [-0.4, -0.2) is 24.0 Å². The van der Waals surface area contributed by atoms with Gasteiger partial charge in [0.05, 0.1) is 34.8 Å². The Balaban J connectivity index is 2.15. The number of carbonyl (C=O) groups excluding carboxylic acids is 1. The normalized spacial score (nSPS) is 11.2. The van der Waals surface area contributed by atoms with Crippen molar-refractivity contribution in [2.45, 2.75) is 13.0 Å². The number of anilines is 1. The maximum atomic E-state index is 12.3. The number of nitro benzene ring substituents is 1. The van der Waals surface area contributed by atoms with Crippen LogP contribution in [0.1, 0.15) is 12.5 Å². The standard InChI is InChI=1S/C17H14ClN3O5/c1-10(26-16-6-3-11(9-19)7-13(16)18)17(22)20-14-5-4-12(25-2)8-15(14)21(23)24/h3-8,10H,1-2H3,(H,20,22)/t10-/m0/s1. The second kappa shape index (κ2) is 8.18. The molecule has 2 aromatic rings. The SMILES string of the molecule is COc1ccc(NC(=O)[C@H](C)Oc2ccc(C#N)cc2Cl)c([N+](=O)[O-])c1. The van der Waals surface area contributed by atoms with Crippen molar-refractivity contribution in [3.8, 4) is 17.6 Å². The molecule has 2 rings (SSSR count). The zero-order valence-corrected chi connectivity index (χ0v) is 14.6. The van der Waals surface area contributed by atoms with Crippen LogP contribution in [0.4, 0.5) is 11.4 Å². The third kappa shape index (κ3) is 4.40. The number of nitrogens with one attached hydrogen (secondary N) is 1. The number of carbonyl (C=O) groups is 1. The number of benzene rings is 2. The summed E-state index contributed by atoms with van der Waals surface area (Å²) in [6.07, 6.45) is -0.984. The first-order valence-electron chi connectivity index (χ1n) is 7.35. The van der Waals surface area contributed by atoms with Crippen molar-refractivity contribution >= 4 is 28.9 Å². The van der Waals surface area contributed by atoms with E-state index in [9.17, 15) is 14.9 Å². The molecule has 9 heteroatoms. The summed E-state index contributed by atoms with van der Waals surface area (Å²) in [5.41, 5.74) is 0.0665. The Morgan fingerprint density at radius 3 is 2.65 bits per heavy atom. The summed E-state index contributed by atoms with van der Waals surface area (Å²) >= 11 is 6.01. The van der Waals surface area contributed by atoms with Crippen LogP contribution in [0.25, 0.3) is 0 Å². The highest BCUT2D eigenvalue weighted by atomic mass is 35.5. The van der Waals surface area contributed by atoms with E-state index in [1.807, 2.05) is 6.07 Å². The topological polar surface area (TPSA) is 114 Å². The number of ether oxygens (including phenoxy) is 2. The fraction of sp³-hybridized carbons (Fsp3) is 0.176. The van der Waals surface area contributed by atoms with Gasteiger partial charge in [-0.2, -0.15) is 5.26 Å². The van der Waals surface area contributed by atoms with Gasteiger partial charge in [-0.25, -0.2) is 0 Å². The van der Waals surface area contributed by atoms with Gasteiger partial charge in [0, 0.05) is 0 Å². The Kier molecular flexibility index (Phi) is 5.98. The predicted octanol–water partition coefficient (Wildman–Crippen LogP) is 3.53. The number of hydrogen-bond donors (Lipinski definition) is 1. The third-order valence-corrected chi connectivity index (χ3v) is 3.69. The first-order chi connectivity index (χ1) is 12.3. The summed E-state index contributed by atoms with van der Waals surface area (Å²) in [6.45, 7) is 1.47. The van der Waals surface area contributed by atoms with E-state index in [0.717, 1.165) is 0 Å². The summed E-state index contributed by atoms with van der Waals surface area (Å²) in [5.74, 6) is -0.0837. The van der Waals surface area contributed by atoms with Crippen molar-refractivity contribution in [1.82, 2.24) is 0 Å². The highest BCUT2D eigenvalue weighted by molar-refractivity contribution is 6.32. The van der Waals surface area contributed by atoms with Gasteiger partial charge in [-0.15, -0.1) is 0 Å². The van der Waals surface area contributed by atoms with Gasteiger partial charge in [0.25, 0.3) is 11.6 Å². The van der Waals surface area contributed by atoms with Crippen LogP contribution in [0.5, 0.6) is 11.5 Å². The lowest BCUT2D eigenvalue weighted by atomic mass is 10.2. The Bertz CT molecular complexity index is 894. The number of amides is 1. The Hall–Kier alpha value is -3.31. The summed E-state index contributed by atoms with van der Waals surface area (Å²) in [5, 5.41) is 22.6. The molecule has 1 N–H and O–H groups in total. The molecule has 0 heterocycles. The number of nitriles is 1. The fourth-order valence-corrected chi connectivity index (χ4v) is 2.26. The molecule has 26 heavy (non-hydrogen) atoms. The molecular weight excluding hydrogens is 362 g/mol. The second-order valence-corrected chi connectivity index (χ2v) is 5.55. The Labute approximate surface area is 154 Å². The van der Waals surface area contributed by atoms with Crippen molar-refractivity contribution in [2.75, 3.05) is 12.4 Å². The molecule has 0 aliphatic rings. The molecule has 0 spiro atoms. The van der Waals surface area contributed by atoms with E-state index in [1.165, 1.54) is 50.4 Å². The minimum Gasteiger partial charge on any atom is -0.496 e. The smallest absolute Gasteiger partial charge is 0.296 e. The van der Waals surface area contributed by atoms with E-state index in [0.29, 0.717) is 11.3 Å². The lowest BCUT2D eigenvalue weighted by molar-refractivity contribution is -0.384. The summed E-state index contributed by atoms with van der Waals surface area (Å²) < 4.78 is 10.4. The quantitative estimate of drug-likeness (QED) is 0.610. The van der Waals surface area contributed by atoms with E-state index in [2.05, 4.69) is 5.32 Å². The highest BCUT2D eigenvalue weighted by Gasteiger charge is 2.21. The van der Waals surface area contributed by atoms with Crippen LogP contribution in [0.15, 0.2) is 36.4 Å². The second-order valence-electron chi connectivity index (χ2n) is 5.15. The van der Waals surface area contributed by atoms with E-state index >= 15 is 0 Å². The monoisotopic (exact) mass is 375 g/mol. The minimum absolute atomic E-state index is 0.0159. The van der Waals surface area contributed by atoms with Gasteiger partial charge in [0.15, 0.2) is 6.10 Å².